The molecule has 0 aromatic heterocycles. The van der Waals surface area contributed by atoms with Crippen LogP contribution in [0, 0.1) is 0 Å². The lowest BCUT2D eigenvalue weighted by molar-refractivity contribution is 0.803. The van der Waals surface area contributed by atoms with E-state index in [9.17, 15) is 0 Å². The third-order valence-electron chi connectivity index (χ3n) is 3.44. The van der Waals surface area contributed by atoms with Gasteiger partial charge in [0.25, 0.3) is 0 Å². The highest BCUT2D eigenvalue weighted by Gasteiger charge is 2.22. The van der Waals surface area contributed by atoms with Gasteiger partial charge in [0.1, 0.15) is 0 Å². The Morgan fingerprint density at radius 3 is 2.42 bits per heavy atom. The molecular formula is C16H15Cl2N. The van der Waals surface area contributed by atoms with Gasteiger partial charge in [0.05, 0.1) is 18.1 Å². The summed E-state index contributed by atoms with van der Waals surface area (Å²) in [6.45, 7) is 0.795. The zero-order valence-corrected chi connectivity index (χ0v) is 12.0. The minimum absolute atomic E-state index is 0. The molecule has 1 aliphatic heterocycles. The molecule has 0 bridgehead atoms. The number of rotatable bonds is 2. The Kier molecular flexibility index (Phi) is 4.62. The van der Waals surface area contributed by atoms with Gasteiger partial charge in [-0.2, -0.15) is 0 Å². The third-order valence-corrected chi connectivity index (χ3v) is 3.69. The van der Waals surface area contributed by atoms with Crippen LogP contribution in [0.5, 0.6) is 0 Å². The number of alkyl halides is 1. The second kappa shape index (κ2) is 6.23. The Labute approximate surface area is 124 Å². The molecule has 2 aromatic rings. The maximum absolute atomic E-state index is 5.97. The van der Waals surface area contributed by atoms with E-state index in [0.717, 1.165) is 12.3 Å². The van der Waals surface area contributed by atoms with Crippen LogP contribution in [0.25, 0.3) is 0 Å². The van der Waals surface area contributed by atoms with Crippen molar-refractivity contribution in [1.29, 1.82) is 0 Å². The number of nitrogens with zero attached hydrogens (tertiary/aromatic N) is 1. The molecule has 0 amide bonds. The lowest BCUT2D eigenvalue weighted by Gasteiger charge is -2.24. The molecule has 0 saturated heterocycles. The quantitative estimate of drug-likeness (QED) is 0.733. The molecular weight excluding hydrogens is 277 g/mol. The number of fused-ring (bicyclic) bond motifs is 1. The summed E-state index contributed by atoms with van der Waals surface area (Å²) in [4.78, 5) is 4.63. The van der Waals surface area contributed by atoms with E-state index < -0.39 is 0 Å². The van der Waals surface area contributed by atoms with E-state index in [4.69, 9.17) is 11.6 Å². The smallest absolute Gasteiger partial charge is 0.0649 e. The molecule has 3 rings (SSSR count). The largest absolute Gasteiger partial charge is 0.287 e. The molecule has 2 aromatic carbocycles. The van der Waals surface area contributed by atoms with Crippen LogP contribution in [-0.4, -0.2) is 18.1 Å². The fraction of sp³-hybridized carbons (Fsp3) is 0.188. The first-order chi connectivity index (χ1) is 8.90. The van der Waals surface area contributed by atoms with Crippen LogP contribution < -0.4 is 0 Å². The van der Waals surface area contributed by atoms with Crippen LogP contribution in [0.4, 0.5) is 0 Å². The van der Waals surface area contributed by atoms with E-state index in [2.05, 4.69) is 47.5 Å². The molecule has 0 N–H and O–H groups in total. The molecule has 1 aliphatic rings. The summed E-state index contributed by atoms with van der Waals surface area (Å²) in [6, 6.07) is 19.0. The monoisotopic (exact) mass is 291 g/mol. The zero-order chi connectivity index (χ0) is 12.4. The van der Waals surface area contributed by atoms with Crippen molar-refractivity contribution in [3.05, 3.63) is 71.3 Å². The molecule has 0 aliphatic carbocycles. The maximum Gasteiger partial charge on any atom is 0.0649 e. The minimum Gasteiger partial charge on any atom is -0.287 e. The topological polar surface area (TPSA) is 12.4 Å². The predicted molar refractivity (Wildman–Crippen MR) is 84.1 cm³/mol. The lowest BCUT2D eigenvalue weighted by Crippen LogP contribution is -2.19. The van der Waals surface area contributed by atoms with E-state index >= 15 is 0 Å². The van der Waals surface area contributed by atoms with Gasteiger partial charge in [-0.15, -0.1) is 24.0 Å². The van der Waals surface area contributed by atoms with Crippen LogP contribution in [0.1, 0.15) is 22.6 Å². The molecule has 19 heavy (non-hydrogen) atoms. The van der Waals surface area contributed by atoms with E-state index in [1.165, 1.54) is 16.7 Å². The second-order valence-electron chi connectivity index (χ2n) is 4.47. The molecule has 0 radical (unpaired) electrons. The highest BCUT2D eigenvalue weighted by atomic mass is 35.5. The lowest BCUT2D eigenvalue weighted by atomic mass is 9.85. The zero-order valence-electron chi connectivity index (χ0n) is 10.4. The van der Waals surface area contributed by atoms with Crippen molar-refractivity contribution < 1.29 is 0 Å². The van der Waals surface area contributed by atoms with Crippen molar-refractivity contribution in [2.24, 2.45) is 4.99 Å². The van der Waals surface area contributed by atoms with Crippen molar-refractivity contribution in [2.45, 2.75) is 5.92 Å². The first-order valence-corrected chi connectivity index (χ1v) is 6.67. The van der Waals surface area contributed by atoms with E-state index in [1.807, 2.05) is 12.1 Å². The van der Waals surface area contributed by atoms with Crippen LogP contribution in [0.15, 0.2) is 59.6 Å². The Hall–Kier alpha value is -1.31. The Balaban J connectivity index is 0.00000133. The molecule has 1 atom stereocenters. The van der Waals surface area contributed by atoms with Gasteiger partial charge in [0.15, 0.2) is 0 Å². The third kappa shape index (κ3) is 2.68. The van der Waals surface area contributed by atoms with Gasteiger partial charge in [-0.05, 0) is 11.1 Å². The average Bonchev–Trinajstić information content (AvgIpc) is 2.47. The molecule has 98 valence electrons. The number of hydrogen-bond donors (Lipinski definition) is 0. The molecule has 1 heterocycles. The van der Waals surface area contributed by atoms with Crippen molar-refractivity contribution >= 4 is 29.7 Å². The maximum atomic E-state index is 5.97. The van der Waals surface area contributed by atoms with Crippen LogP contribution in [-0.2, 0) is 0 Å². The molecule has 0 spiro atoms. The van der Waals surface area contributed by atoms with Gasteiger partial charge >= 0.3 is 0 Å². The minimum atomic E-state index is 0. The number of aliphatic imine (C=N–C) groups is 1. The molecule has 1 unspecified atom stereocenters. The summed E-state index contributed by atoms with van der Waals surface area (Å²) in [7, 11) is 0. The van der Waals surface area contributed by atoms with Gasteiger partial charge in [-0.3, -0.25) is 4.99 Å². The van der Waals surface area contributed by atoms with E-state index in [-0.39, 0.29) is 12.4 Å². The van der Waals surface area contributed by atoms with E-state index in [0.29, 0.717) is 11.8 Å². The standard InChI is InChI=1S/C16H14ClN.ClH/c17-10-16-14-9-5-4-8-13(14)15(11-18-16)12-6-2-1-3-7-12;/h1-9,15H,10-11H2;1H. The Morgan fingerprint density at radius 1 is 1.00 bits per heavy atom. The summed E-state index contributed by atoms with van der Waals surface area (Å²) < 4.78 is 0. The van der Waals surface area contributed by atoms with Crippen LogP contribution >= 0.6 is 24.0 Å². The van der Waals surface area contributed by atoms with Gasteiger partial charge in [-0.25, -0.2) is 0 Å². The number of halogens is 2. The van der Waals surface area contributed by atoms with E-state index in [1.54, 1.807) is 0 Å². The molecule has 3 heteroatoms. The van der Waals surface area contributed by atoms with Gasteiger partial charge in [-0.1, -0.05) is 54.6 Å². The number of benzene rings is 2. The summed E-state index contributed by atoms with van der Waals surface area (Å²) in [6.07, 6.45) is 0. The molecule has 0 saturated carbocycles. The highest BCUT2D eigenvalue weighted by molar-refractivity contribution is 6.32. The molecule has 1 nitrogen and oxygen atoms in total. The first-order valence-electron chi connectivity index (χ1n) is 6.13. The predicted octanol–water partition coefficient (Wildman–Crippen LogP) is 4.28. The van der Waals surface area contributed by atoms with Crippen molar-refractivity contribution in [3.63, 3.8) is 0 Å². The Morgan fingerprint density at radius 2 is 1.68 bits per heavy atom. The van der Waals surface area contributed by atoms with Gasteiger partial charge in [0.2, 0.25) is 0 Å². The fourth-order valence-corrected chi connectivity index (χ4v) is 2.76. The van der Waals surface area contributed by atoms with Crippen molar-refractivity contribution in [2.75, 3.05) is 12.4 Å². The second-order valence-corrected chi connectivity index (χ2v) is 4.74. The van der Waals surface area contributed by atoms with Crippen LogP contribution in [0.2, 0.25) is 0 Å². The Bertz CT molecular complexity index is 578. The SMILES string of the molecule is Cl.ClCC1=NCC(c2ccccc2)c2ccccc21. The average molecular weight is 292 g/mol. The normalized spacial score (nSPS) is 17.1. The van der Waals surface area contributed by atoms with Gasteiger partial charge in [0, 0.05) is 11.5 Å². The first kappa shape index (κ1) is 14.1. The summed E-state index contributed by atoms with van der Waals surface area (Å²) in [5, 5.41) is 0. The van der Waals surface area contributed by atoms with Crippen LogP contribution in [0.3, 0.4) is 0 Å². The summed E-state index contributed by atoms with van der Waals surface area (Å²) in [5.41, 5.74) is 4.88. The molecule has 0 fully saturated rings. The van der Waals surface area contributed by atoms with Crippen molar-refractivity contribution in [3.8, 4) is 0 Å². The number of hydrogen-bond acceptors (Lipinski definition) is 1. The van der Waals surface area contributed by atoms with Crippen molar-refractivity contribution in [1.82, 2.24) is 0 Å². The summed E-state index contributed by atoms with van der Waals surface area (Å²) in [5.74, 6) is 0.841. The highest BCUT2D eigenvalue weighted by Crippen LogP contribution is 2.31. The fourth-order valence-electron chi connectivity index (χ4n) is 2.53. The summed E-state index contributed by atoms with van der Waals surface area (Å²) >= 11 is 5.97. The van der Waals surface area contributed by atoms with Gasteiger partial charge < -0.3 is 0 Å².